The summed E-state index contributed by atoms with van der Waals surface area (Å²) in [4.78, 5) is 28.8. The van der Waals surface area contributed by atoms with Gasteiger partial charge in [0.1, 0.15) is 5.75 Å². The highest BCUT2D eigenvalue weighted by Crippen LogP contribution is 2.26. The summed E-state index contributed by atoms with van der Waals surface area (Å²) >= 11 is 0. The number of nitrogens with two attached hydrogens (primary N) is 1. The maximum absolute atomic E-state index is 12.7. The number of benzene rings is 1. The molecule has 1 unspecified atom stereocenters. The van der Waals surface area contributed by atoms with Gasteiger partial charge >= 0.3 is 0 Å². The van der Waals surface area contributed by atoms with E-state index in [0.717, 1.165) is 13.1 Å². The van der Waals surface area contributed by atoms with Gasteiger partial charge in [-0.25, -0.2) is 0 Å². The fourth-order valence-corrected chi connectivity index (χ4v) is 2.70. The minimum absolute atomic E-state index is 0.0261. The molecule has 0 bridgehead atoms. The molecular weight excluding hydrogens is 320 g/mol. The van der Waals surface area contributed by atoms with Gasteiger partial charge in [-0.05, 0) is 38.6 Å². The second kappa shape index (κ2) is 8.82. The zero-order chi connectivity index (χ0) is 18.4. The molecule has 0 saturated carbocycles. The van der Waals surface area contributed by atoms with E-state index in [1.807, 2.05) is 18.9 Å². The normalized spacial score (nSPS) is 16.4. The summed E-state index contributed by atoms with van der Waals surface area (Å²) in [5, 5.41) is 2.82. The number of rotatable bonds is 6. The second-order valence-electron chi connectivity index (χ2n) is 6.57. The van der Waals surface area contributed by atoms with Crippen LogP contribution in [0.15, 0.2) is 18.2 Å². The van der Waals surface area contributed by atoms with Crippen LogP contribution in [0.25, 0.3) is 0 Å². The Kier molecular flexibility index (Phi) is 6.78. The first-order valence-corrected chi connectivity index (χ1v) is 8.62. The molecule has 25 heavy (non-hydrogen) atoms. The third-order valence-electron chi connectivity index (χ3n) is 4.34. The van der Waals surface area contributed by atoms with E-state index in [2.05, 4.69) is 10.2 Å². The van der Waals surface area contributed by atoms with E-state index in [0.29, 0.717) is 42.9 Å². The number of methoxy groups -OCH3 is 1. The molecule has 0 aliphatic carbocycles. The van der Waals surface area contributed by atoms with Crippen molar-refractivity contribution in [2.75, 3.05) is 45.7 Å². The molecule has 1 atom stereocenters. The Morgan fingerprint density at radius 2 is 1.96 bits per heavy atom. The molecule has 0 radical (unpaired) electrons. The van der Waals surface area contributed by atoms with Crippen LogP contribution in [-0.4, -0.2) is 68.0 Å². The highest BCUT2D eigenvalue weighted by Gasteiger charge is 2.21. The van der Waals surface area contributed by atoms with Crippen molar-refractivity contribution in [3.63, 3.8) is 0 Å². The fourth-order valence-electron chi connectivity index (χ4n) is 2.70. The van der Waals surface area contributed by atoms with E-state index >= 15 is 0 Å². The van der Waals surface area contributed by atoms with Crippen molar-refractivity contribution in [1.82, 2.24) is 9.80 Å². The minimum Gasteiger partial charge on any atom is -0.495 e. The van der Waals surface area contributed by atoms with Crippen LogP contribution in [0, 0.1) is 0 Å². The van der Waals surface area contributed by atoms with Crippen molar-refractivity contribution in [3.05, 3.63) is 23.8 Å². The van der Waals surface area contributed by atoms with Gasteiger partial charge in [-0.15, -0.1) is 0 Å². The van der Waals surface area contributed by atoms with Crippen molar-refractivity contribution in [3.8, 4) is 5.75 Å². The number of carbonyl (C=O) groups excluding carboxylic acids is 2. The predicted molar refractivity (Wildman–Crippen MR) is 97.9 cm³/mol. The molecule has 1 aromatic carbocycles. The molecule has 2 amide bonds. The van der Waals surface area contributed by atoms with Gasteiger partial charge in [-0.2, -0.15) is 0 Å². The van der Waals surface area contributed by atoms with Crippen LogP contribution in [0.4, 0.5) is 5.69 Å². The Balaban J connectivity index is 2.10. The summed E-state index contributed by atoms with van der Waals surface area (Å²) in [6.07, 6.45) is 0.936. The predicted octanol–water partition coefficient (Wildman–Crippen LogP) is 1.15. The summed E-state index contributed by atoms with van der Waals surface area (Å²) in [5.74, 6) is 0.366. The topological polar surface area (TPSA) is 87.9 Å². The number of hydrogen-bond acceptors (Lipinski definition) is 5. The summed E-state index contributed by atoms with van der Waals surface area (Å²) in [5.41, 5.74) is 6.75. The quantitative estimate of drug-likeness (QED) is 0.805. The smallest absolute Gasteiger partial charge is 0.254 e. The van der Waals surface area contributed by atoms with E-state index in [1.54, 1.807) is 18.2 Å². The number of amides is 2. The molecule has 3 N–H and O–H groups in total. The van der Waals surface area contributed by atoms with E-state index in [4.69, 9.17) is 10.5 Å². The fraction of sp³-hybridized carbons (Fsp3) is 0.556. The number of hydrogen-bond donors (Lipinski definition) is 2. The summed E-state index contributed by atoms with van der Waals surface area (Å²) < 4.78 is 5.30. The second-order valence-corrected chi connectivity index (χ2v) is 6.57. The molecule has 1 fully saturated rings. The lowest BCUT2D eigenvalue weighted by Gasteiger charge is -2.32. The van der Waals surface area contributed by atoms with Crippen LogP contribution in [0.3, 0.4) is 0 Å². The minimum atomic E-state index is -0.139. The van der Waals surface area contributed by atoms with Crippen molar-refractivity contribution < 1.29 is 14.3 Å². The average molecular weight is 348 g/mol. The first-order chi connectivity index (χ1) is 11.9. The van der Waals surface area contributed by atoms with Gasteiger partial charge in [0.25, 0.3) is 5.91 Å². The highest BCUT2D eigenvalue weighted by atomic mass is 16.5. The summed E-state index contributed by atoms with van der Waals surface area (Å²) in [7, 11) is 3.58. The van der Waals surface area contributed by atoms with Crippen molar-refractivity contribution in [2.45, 2.75) is 25.8 Å². The molecule has 1 aliphatic rings. The highest BCUT2D eigenvalue weighted by molar-refractivity contribution is 5.98. The van der Waals surface area contributed by atoms with Crippen LogP contribution >= 0.6 is 0 Å². The van der Waals surface area contributed by atoms with Crippen LogP contribution in [-0.2, 0) is 4.79 Å². The summed E-state index contributed by atoms with van der Waals surface area (Å²) in [6.45, 7) is 5.00. The number of nitrogens with zero attached hydrogens (tertiary/aromatic N) is 2. The van der Waals surface area contributed by atoms with Crippen molar-refractivity contribution in [2.24, 2.45) is 5.73 Å². The molecule has 2 rings (SSSR count). The lowest BCUT2D eigenvalue weighted by Crippen LogP contribution is -2.47. The Hall–Kier alpha value is -2.12. The molecule has 1 aromatic rings. The molecule has 7 nitrogen and oxygen atoms in total. The number of anilines is 1. The SMILES string of the molecule is COc1ccc(C(=O)N2CCN(C)CC2)cc1NC(=O)CCC(C)N. The first-order valence-electron chi connectivity index (χ1n) is 8.62. The Morgan fingerprint density at radius 3 is 2.56 bits per heavy atom. The van der Waals surface area contributed by atoms with E-state index < -0.39 is 0 Å². The molecule has 1 saturated heterocycles. The molecule has 0 aromatic heterocycles. The van der Waals surface area contributed by atoms with Gasteiger partial charge in [0, 0.05) is 44.2 Å². The van der Waals surface area contributed by atoms with E-state index in [-0.39, 0.29) is 17.9 Å². The van der Waals surface area contributed by atoms with Gasteiger partial charge in [-0.3, -0.25) is 9.59 Å². The third kappa shape index (κ3) is 5.44. The maximum Gasteiger partial charge on any atom is 0.254 e. The number of ether oxygens (including phenoxy) is 1. The monoisotopic (exact) mass is 348 g/mol. The van der Waals surface area contributed by atoms with Gasteiger partial charge < -0.3 is 25.6 Å². The first kappa shape index (κ1) is 19.2. The number of piperazine rings is 1. The Labute approximate surface area is 149 Å². The average Bonchev–Trinajstić information content (AvgIpc) is 2.60. The molecular formula is C18H28N4O3. The molecule has 1 aliphatic heterocycles. The van der Waals surface area contributed by atoms with Gasteiger partial charge in [-0.1, -0.05) is 0 Å². The van der Waals surface area contributed by atoms with Crippen LogP contribution in [0.5, 0.6) is 5.75 Å². The molecule has 1 heterocycles. The lowest BCUT2D eigenvalue weighted by atomic mass is 10.1. The van der Waals surface area contributed by atoms with Gasteiger partial charge in [0.15, 0.2) is 0 Å². The van der Waals surface area contributed by atoms with Gasteiger partial charge in [0.05, 0.1) is 12.8 Å². The van der Waals surface area contributed by atoms with Gasteiger partial charge in [0.2, 0.25) is 5.91 Å². The lowest BCUT2D eigenvalue weighted by molar-refractivity contribution is -0.116. The third-order valence-corrected chi connectivity index (χ3v) is 4.34. The Morgan fingerprint density at radius 1 is 1.28 bits per heavy atom. The standard InChI is InChI=1S/C18H28N4O3/c1-13(19)4-7-17(23)20-15-12-14(5-6-16(15)25-3)18(24)22-10-8-21(2)9-11-22/h5-6,12-13H,4,7-11,19H2,1-3H3,(H,20,23). The van der Waals surface area contributed by atoms with E-state index in [9.17, 15) is 9.59 Å². The van der Waals surface area contributed by atoms with Crippen LogP contribution in [0.2, 0.25) is 0 Å². The number of carbonyl (C=O) groups is 2. The Bertz CT molecular complexity index is 610. The van der Waals surface area contributed by atoms with E-state index in [1.165, 1.54) is 7.11 Å². The zero-order valence-electron chi connectivity index (χ0n) is 15.2. The molecule has 7 heteroatoms. The summed E-state index contributed by atoms with van der Waals surface area (Å²) in [6, 6.07) is 5.10. The van der Waals surface area contributed by atoms with Crippen molar-refractivity contribution in [1.29, 1.82) is 0 Å². The largest absolute Gasteiger partial charge is 0.495 e. The molecule has 138 valence electrons. The molecule has 0 spiro atoms. The maximum atomic E-state index is 12.7. The zero-order valence-corrected chi connectivity index (χ0v) is 15.2. The van der Waals surface area contributed by atoms with Crippen LogP contribution < -0.4 is 15.8 Å². The number of nitrogens with one attached hydrogen (secondary N) is 1. The number of likely N-dealkylation sites (N-methyl/N-ethyl adjacent to an activating group) is 1. The van der Waals surface area contributed by atoms with Crippen molar-refractivity contribution >= 4 is 17.5 Å². The van der Waals surface area contributed by atoms with Crippen LogP contribution in [0.1, 0.15) is 30.1 Å².